The first kappa shape index (κ1) is 13.5. The van der Waals surface area contributed by atoms with Crippen molar-refractivity contribution in [2.45, 2.75) is 26.9 Å². The third kappa shape index (κ3) is 8.10. The summed E-state index contributed by atoms with van der Waals surface area (Å²) < 4.78 is 32.2. The Morgan fingerprint density at radius 1 is 1.07 bits per heavy atom. The first-order chi connectivity index (χ1) is 6.20. The molecular weight excluding hydrogens is 257 g/mol. The van der Waals surface area contributed by atoms with E-state index >= 15 is 0 Å². The first-order valence-corrected chi connectivity index (χ1v) is 4.79. The van der Waals surface area contributed by atoms with Crippen LogP contribution in [0.4, 0.5) is 13.2 Å². The van der Waals surface area contributed by atoms with Crippen LogP contribution in [0.1, 0.15) is 18.1 Å². The average Bonchev–Trinajstić information content (AvgIpc) is 1.94. The van der Waals surface area contributed by atoms with E-state index in [4.69, 9.17) is 0 Å². The minimum Gasteiger partial charge on any atom is -0.172 e. The fraction of sp³-hybridized carbons (Fsp3) is 0.400. The lowest BCUT2D eigenvalue weighted by molar-refractivity contribution is -0.110. The lowest BCUT2D eigenvalue weighted by Gasteiger charge is -1.97. The Morgan fingerprint density at radius 3 is 1.79 bits per heavy atom. The molecule has 0 radical (unpaired) electrons. The Balaban J connectivity index is 0.000000292. The van der Waals surface area contributed by atoms with Crippen LogP contribution in [0.5, 0.6) is 0 Å². The minimum absolute atomic E-state index is 0.188. The summed E-state index contributed by atoms with van der Waals surface area (Å²) in [4.78, 5) is 0. The smallest absolute Gasteiger partial charge is 0.172 e. The second-order valence-corrected chi connectivity index (χ2v) is 3.93. The van der Waals surface area contributed by atoms with Gasteiger partial charge < -0.3 is 0 Å². The number of alkyl halides is 3. The van der Waals surface area contributed by atoms with E-state index in [1.165, 1.54) is 11.1 Å². The summed E-state index contributed by atoms with van der Waals surface area (Å²) in [5.74, 6) is 0. The Hall–Kier alpha value is -0.510. The molecule has 1 aromatic carbocycles. The Bertz CT molecular complexity index is 286. The lowest BCUT2D eigenvalue weighted by Crippen LogP contribution is -1.95. The molecule has 0 spiro atoms. The molecule has 0 aliphatic heterocycles. The maximum absolute atomic E-state index is 10.4. The minimum atomic E-state index is -4.00. The third-order valence-corrected chi connectivity index (χ3v) is 1.96. The van der Waals surface area contributed by atoms with Gasteiger partial charge in [-0.05, 0) is 37.1 Å². The van der Waals surface area contributed by atoms with E-state index in [-0.39, 0.29) is 6.92 Å². The molecular formula is C10H12BrF3. The first-order valence-electron chi connectivity index (χ1n) is 3.99. The van der Waals surface area contributed by atoms with Crippen LogP contribution in [0.3, 0.4) is 0 Å². The summed E-state index contributed by atoms with van der Waals surface area (Å²) in [6.07, 6.45) is -4.00. The summed E-state index contributed by atoms with van der Waals surface area (Å²) in [5, 5.41) is 0. The van der Waals surface area contributed by atoms with E-state index < -0.39 is 6.18 Å². The monoisotopic (exact) mass is 268 g/mol. The normalized spacial score (nSPS) is 10.5. The van der Waals surface area contributed by atoms with Gasteiger partial charge in [0, 0.05) is 11.4 Å². The van der Waals surface area contributed by atoms with Crippen LogP contribution in [0.25, 0.3) is 0 Å². The number of hydrogen-bond donors (Lipinski definition) is 0. The molecule has 0 aliphatic rings. The van der Waals surface area contributed by atoms with E-state index in [1.807, 2.05) is 0 Å². The van der Waals surface area contributed by atoms with Crippen molar-refractivity contribution in [2.24, 2.45) is 0 Å². The fourth-order valence-electron chi connectivity index (χ4n) is 0.705. The highest BCUT2D eigenvalue weighted by molar-refractivity contribution is 9.10. The zero-order chi connectivity index (χ0) is 11.4. The highest BCUT2D eigenvalue weighted by Crippen LogP contribution is 2.14. The van der Waals surface area contributed by atoms with Crippen molar-refractivity contribution in [2.75, 3.05) is 0 Å². The second kappa shape index (κ2) is 5.39. The van der Waals surface area contributed by atoms with E-state index in [0.717, 1.165) is 4.47 Å². The summed E-state index contributed by atoms with van der Waals surface area (Å²) in [7, 11) is 0. The zero-order valence-electron chi connectivity index (χ0n) is 8.24. The molecule has 1 aromatic rings. The van der Waals surface area contributed by atoms with Crippen molar-refractivity contribution in [1.29, 1.82) is 0 Å². The molecule has 0 amide bonds. The molecule has 0 nitrogen and oxygen atoms in total. The van der Waals surface area contributed by atoms with E-state index in [2.05, 4.69) is 48.0 Å². The van der Waals surface area contributed by atoms with Crippen LogP contribution in [0, 0.1) is 13.8 Å². The molecule has 0 saturated carbocycles. The Kier molecular flexibility index (Phi) is 5.19. The van der Waals surface area contributed by atoms with Gasteiger partial charge in [-0.2, -0.15) is 13.2 Å². The van der Waals surface area contributed by atoms with Gasteiger partial charge >= 0.3 is 6.18 Å². The SMILES string of the molecule is CC(F)(F)F.Cc1ccc(Br)cc1C. The predicted octanol–water partition coefficient (Wildman–Crippen LogP) is 4.63. The van der Waals surface area contributed by atoms with Crippen LogP contribution in [-0.2, 0) is 0 Å². The highest BCUT2D eigenvalue weighted by Gasteiger charge is 2.15. The molecule has 0 aromatic heterocycles. The number of aryl methyl sites for hydroxylation is 2. The number of benzene rings is 1. The van der Waals surface area contributed by atoms with Gasteiger partial charge in [-0.15, -0.1) is 0 Å². The second-order valence-electron chi connectivity index (χ2n) is 3.01. The maximum atomic E-state index is 10.4. The van der Waals surface area contributed by atoms with Crippen molar-refractivity contribution in [3.8, 4) is 0 Å². The average molecular weight is 269 g/mol. The van der Waals surface area contributed by atoms with Crippen molar-refractivity contribution < 1.29 is 13.2 Å². The van der Waals surface area contributed by atoms with Gasteiger partial charge in [0.1, 0.15) is 0 Å². The van der Waals surface area contributed by atoms with Gasteiger partial charge in [0.2, 0.25) is 0 Å². The quantitative estimate of drug-likeness (QED) is 0.643. The summed E-state index contributed by atoms with van der Waals surface area (Å²) in [6.45, 7) is 4.41. The predicted molar refractivity (Wildman–Crippen MR) is 55.3 cm³/mol. The lowest BCUT2D eigenvalue weighted by atomic mass is 10.1. The highest BCUT2D eigenvalue weighted by atomic mass is 79.9. The molecule has 0 unspecified atom stereocenters. The van der Waals surface area contributed by atoms with Crippen LogP contribution in [0.2, 0.25) is 0 Å². The molecule has 4 heteroatoms. The number of rotatable bonds is 0. The maximum Gasteiger partial charge on any atom is 0.386 e. The Labute approximate surface area is 90.3 Å². The molecule has 0 aliphatic carbocycles. The van der Waals surface area contributed by atoms with Crippen LogP contribution in [0.15, 0.2) is 22.7 Å². The Morgan fingerprint density at radius 2 is 1.50 bits per heavy atom. The van der Waals surface area contributed by atoms with Gasteiger partial charge in [-0.25, -0.2) is 0 Å². The van der Waals surface area contributed by atoms with Crippen molar-refractivity contribution >= 4 is 15.9 Å². The largest absolute Gasteiger partial charge is 0.386 e. The number of halogens is 4. The van der Waals surface area contributed by atoms with E-state index in [0.29, 0.717) is 0 Å². The standard InChI is InChI=1S/C8H9Br.C2H3F3/c1-6-3-4-8(9)5-7(6)2;1-2(3,4)5/h3-5H,1-2H3;1H3. The summed E-state index contributed by atoms with van der Waals surface area (Å²) in [5.41, 5.74) is 2.68. The van der Waals surface area contributed by atoms with Gasteiger partial charge in [-0.3, -0.25) is 0 Å². The molecule has 0 N–H and O–H groups in total. The molecule has 0 atom stereocenters. The molecule has 80 valence electrons. The molecule has 0 heterocycles. The summed E-state index contributed by atoms with van der Waals surface area (Å²) in [6, 6.07) is 6.29. The molecule has 1 rings (SSSR count). The zero-order valence-corrected chi connectivity index (χ0v) is 9.83. The third-order valence-electron chi connectivity index (χ3n) is 1.47. The van der Waals surface area contributed by atoms with Gasteiger partial charge in [-0.1, -0.05) is 22.0 Å². The van der Waals surface area contributed by atoms with Gasteiger partial charge in [0.25, 0.3) is 0 Å². The van der Waals surface area contributed by atoms with Crippen LogP contribution in [-0.4, -0.2) is 6.18 Å². The van der Waals surface area contributed by atoms with Gasteiger partial charge in [0.05, 0.1) is 0 Å². The molecule has 14 heavy (non-hydrogen) atoms. The van der Waals surface area contributed by atoms with E-state index in [1.54, 1.807) is 0 Å². The van der Waals surface area contributed by atoms with Crippen molar-refractivity contribution in [3.63, 3.8) is 0 Å². The van der Waals surface area contributed by atoms with Crippen LogP contribution < -0.4 is 0 Å². The topological polar surface area (TPSA) is 0 Å². The number of hydrogen-bond acceptors (Lipinski definition) is 0. The van der Waals surface area contributed by atoms with E-state index in [9.17, 15) is 13.2 Å². The molecule has 0 fully saturated rings. The summed E-state index contributed by atoms with van der Waals surface area (Å²) >= 11 is 3.40. The molecule has 0 saturated heterocycles. The van der Waals surface area contributed by atoms with Gasteiger partial charge in [0.15, 0.2) is 0 Å². The van der Waals surface area contributed by atoms with Crippen molar-refractivity contribution in [3.05, 3.63) is 33.8 Å². The fourth-order valence-corrected chi connectivity index (χ4v) is 1.18. The van der Waals surface area contributed by atoms with Crippen LogP contribution >= 0.6 is 15.9 Å². The molecule has 0 bridgehead atoms. The van der Waals surface area contributed by atoms with Crippen molar-refractivity contribution in [1.82, 2.24) is 0 Å².